The number of carbonyl (C=O) groups is 11. The first kappa shape index (κ1) is 86.5. The summed E-state index contributed by atoms with van der Waals surface area (Å²) < 4.78 is 24.1. The number of ether oxygens (including phenoxy) is 4. The topological polar surface area (TPSA) is 492 Å². The molecule has 2 saturated heterocycles. The Kier molecular flexibility index (Phi) is 33.6. The Balaban J connectivity index is 1.17. The summed E-state index contributed by atoms with van der Waals surface area (Å²) in [6.07, 6.45) is -2.85. The monoisotopic (exact) mass is 1500 g/mol. The van der Waals surface area contributed by atoms with Gasteiger partial charge in [0.05, 0.1) is 18.1 Å². The second kappa shape index (κ2) is 41.6. The van der Waals surface area contributed by atoms with Gasteiger partial charge in [-0.25, -0.2) is 9.59 Å². The number of unbranched alkanes of at least 4 members (excludes halogenated alkanes) is 5. The number of rotatable bonds is 27. The molecule has 107 heavy (non-hydrogen) atoms. The third-order valence-corrected chi connectivity index (χ3v) is 19.2. The Labute approximate surface area is 620 Å². The molecule has 5 heterocycles. The van der Waals surface area contributed by atoms with Crippen LogP contribution in [0.1, 0.15) is 143 Å². The summed E-state index contributed by atoms with van der Waals surface area (Å²) in [6.45, 7) is 10.6. The highest BCUT2D eigenvalue weighted by Gasteiger charge is 2.46. The lowest BCUT2D eigenvalue weighted by Crippen LogP contribution is -2.61. The maximum Gasteiger partial charge on any atom is 0.332 e. The van der Waals surface area contributed by atoms with E-state index in [9.17, 15) is 78.3 Å². The molecule has 0 spiro atoms. The first-order valence-electron chi connectivity index (χ1n) is 36.3. The number of hydrogen-bond donors (Lipinski definition) is 15. The first-order chi connectivity index (χ1) is 50.7. The van der Waals surface area contributed by atoms with Crippen molar-refractivity contribution in [2.75, 3.05) is 46.4 Å². The average molecular weight is 1500 g/mol. The van der Waals surface area contributed by atoms with E-state index in [1.807, 2.05) is 4.98 Å². The summed E-state index contributed by atoms with van der Waals surface area (Å²) in [5.41, 5.74) is -2.81. The zero-order valence-electron chi connectivity index (χ0n) is 61.9. The molecular formula is C73H106N12O22. The Hall–Kier alpha value is -9.45. The van der Waals surface area contributed by atoms with Gasteiger partial charge in [-0.1, -0.05) is 109 Å². The van der Waals surface area contributed by atoms with E-state index in [0.717, 1.165) is 60.4 Å². The molecule has 34 nitrogen and oxygen atoms in total. The van der Waals surface area contributed by atoms with Crippen molar-refractivity contribution in [1.82, 2.24) is 62.3 Å². The lowest BCUT2D eigenvalue weighted by molar-refractivity contribution is -0.160. The zero-order chi connectivity index (χ0) is 78.8. The van der Waals surface area contributed by atoms with Crippen molar-refractivity contribution >= 4 is 65.1 Å². The SMILES string of the molecule is CC[C@H](C)[C@H]1NC(=O)[C@@H](NC(=O)[C@H](C)[C@H](O)C(C)C)[C@@H](C)OC(=O)[C@@H]2COC(=O)CNC(=O)/C=C/[C@@](O)(CNCCCCCCCCNC(=O)CCCC(=O)NC[C@H]3O[C@@H](n4ccc(=O)[nH]c4=O)[C@H](O)[C@@H]3O)[C@H](C)Oc3ccc(cc3)[C@H](NC1=O)C(=O)N(C)[C@@H](Cc1ccccc1)C(=O)N[C@H]([C@@H](C)O)C(=O)N2. The molecule has 0 aliphatic carbocycles. The molecule has 34 heteroatoms. The van der Waals surface area contributed by atoms with Crippen LogP contribution >= 0.6 is 0 Å². The maximum atomic E-state index is 15.5. The van der Waals surface area contributed by atoms with Crippen LogP contribution in [-0.4, -0.2) is 230 Å². The second-order valence-electron chi connectivity index (χ2n) is 27.8. The molecule has 2 fully saturated rings. The van der Waals surface area contributed by atoms with Crippen molar-refractivity contribution in [2.45, 2.75) is 217 Å². The Morgan fingerprint density at radius 3 is 2.00 bits per heavy atom. The molecule has 4 aliphatic heterocycles. The second-order valence-corrected chi connectivity index (χ2v) is 27.8. The fraction of sp³-hybridized carbons (Fsp3) is 0.603. The highest BCUT2D eigenvalue weighted by atomic mass is 16.6. The van der Waals surface area contributed by atoms with Gasteiger partial charge in [0.15, 0.2) is 12.3 Å². The number of nitrogens with zero attached hydrogens (tertiary/aromatic N) is 2. The van der Waals surface area contributed by atoms with Crippen LogP contribution in [0.4, 0.5) is 0 Å². The highest BCUT2D eigenvalue weighted by molar-refractivity contribution is 5.98. The van der Waals surface area contributed by atoms with Gasteiger partial charge in [-0.2, -0.15) is 0 Å². The van der Waals surface area contributed by atoms with Crippen LogP contribution in [-0.2, 0) is 73.4 Å². The number of aromatic amines is 1. The number of aliphatic hydroxyl groups excluding tert-OH is 4. The number of carbonyl (C=O) groups excluding carboxylic acids is 11. The predicted molar refractivity (Wildman–Crippen MR) is 384 cm³/mol. The molecule has 0 radical (unpaired) electrons. The van der Waals surface area contributed by atoms with Crippen LogP contribution < -0.4 is 63.8 Å². The van der Waals surface area contributed by atoms with Crippen molar-refractivity contribution < 1.29 is 97.2 Å². The Bertz CT molecular complexity index is 3670. The van der Waals surface area contributed by atoms with E-state index in [4.69, 9.17) is 18.9 Å². The number of cyclic esters (lactones) is 1. The molecule has 4 bridgehead atoms. The minimum absolute atomic E-state index is 0.00277. The van der Waals surface area contributed by atoms with E-state index in [-0.39, 0.29) is 62.4 Å². The number of esters is 2. The van der Waals surface area contributed by atoms with Gasteiger partial charge in [0.25, 0.3) is 5.56 Å². The first-order valence-corrected chi connectivity index (χ1v) is 36.3. The van der Waals surface area contributed by atoms with E-state index in [0.29, 0.717) is 31.5 Å². The number of likely N-dealkylation sites (N-methyl/N-ethyl adjacent to an activating group) is 1. The Morgan fingerprint density at radius 1 is 0.720 bits per heavy atom. The van der Waals surface area contributed by atoms with E-state index < -0.39 is 192 Å². The fourth-order valence-electron chi connectivity index (χ4n) is 12.1. The smallest absolute Gasteiger partial charge is 0.332 e. The van der Waals surface area contributed by atoms with Gasteiger partial charge in [0.2, 0.25) is 53.2 Å². The highest BCUT2D eigenvalue weighted by Crippen LogP contribution is 2.29. The van der Waals surface area contributed by atoms with Gasteiger partial charge in [-0.05, 0) is 87.7 Å². The van der Waals surface area contributed by atoms with Gasteiger partial charge >= 0.3 is 17.6 Å². The summed E-state index contributed by atoms with van der Waals surface area (Å²) in [5, 5.41) is 79.3. The van der Waals surface area contributed by atoms with Crippen LogP contribution in [0, 0.1) is 17.8 Å². The molecule has 0 saturated carbocycles. The molecular weight excluding hydrogens is 1400 g/mol. The zero-order valence-corrected chi connectivity index (χ0v) is 61.9. The molecule has 15 N–H and O–H groups in total. The van der Waals surface area contributed by atoms with Crippen molar-refractivity contribution in [3.8, 4) is 5.75 Å². The van der Waals surface area contributed by atoms with E-state index in [2.05, 4.69) is 47.9 Å². The number of amides is 9. The van der Waals surface area contributed by atoms with Crippen LogP contribution in [0.2, 0.25) is 0 Å². The minimum atomic E-state index is -2.02. The van der Waals surface area contributed by atoms with Crippen LogP contribution in [0.3, 0.4) is 0 Å². The molecule has 3 aromatic rings. The van der Waals surface area contributed by atoms with Gasteiger partial charge < -0.3 is 97.2 Å². The van der Waals surface area contributed by atoms with Crippen molar-refractivity contribution in [3.63, 3.8) is 0 Å². The summed E-state index contributed by atoms with van der Waals surface area (Å²) in [4.78, 5) is 182. The third-order valence-electron chi connectivity index (χ3n) is 19.2. The standard InChI is InChI=1S/C73H106N12O22/c1-10-41(4)57-66(97)83-60-47-25-27-48(28-26-47)106-45(8)73(103,39-74-32-18-13-11-12-14-19-33-75-52(87)23-20-24-53(88)76-36-51-62(93)63(94)70(107-51)85-34-30-55(90)79-72(85)102)31-29-54(89)77-37-56(91)104-38-49(71(101)105-44(7)59(68(99)80-57)82-64(95)42(5)61(92)40(2)3)78-67(98)58(43(6)86)81-65(96)50(84(9)69(60)100)35-46-21-16-15-17-22-46/h15-17,21-22,25-31,34,40-45,49-51,57-63,70,74,86,92-94,103H,10-14,18-20,23-24,32-33,35-39H2,1-9H3,(H,75,87)(H,76,88)(H,77,89)(H,78,98)(H,80,99)(H,81,96)(H,82,95)(H,83,97)(H,79,90,102)/b31-29+/t41-,42+,43+,44+,45-,49-,50-,51+,57+,58+,59-,60-,61+,62+,63+,70+,73+/m0/s1. The molecule has 17 atom stereocenters. The molecule has 4 aliphatic rings. The minimum Gasteiger partial charge on any atom is -0.487 e. The summed E-state index contributed by atoms with van der Waals surface area (Å²) in [7, 11) is 1.29. The van der Waals surface area contributed by atoms with E-state index in [1.165, 1.54) is 58.2 Å². The molecule has 9 amide bonds. The summed E-state index contributed by atoms with van der Waals surface area (Å²) in [5.74, 6) is -12.3. The molecule has 590 valence electrons. The van der Waals surface area contributed by atoms with E-state index in [1.54, 1.807) is 58.0 Å². The molecule has 7 rings (SSSR count). The van der Waals surface area contributed by atoms with Crippen molar-refractivity contribution in [2.24, 2.45) is 17.8 Å². The van der Waals surface area contributed by atoms with E-state index >= 15 is 9.59 Å². The fourth-order valence-corrected chi connectivity index (χ4v) is 12.1. The lowest BCUT2D eigenvalue weighted by Gasteiger charge is -2.34. The average Bonchev–Trinajstić information content (AvgIpc) is 1.77. The largest absolute Gasteiger partial charge is 0.487 e. The number of fused-ring (bicyclic) bond motifs is 11. The van der Waals surface area contributed by atoms with Gasteiger partial charge in [0, 0.05) is 64.3 Å². The Morgan fingerprint density at radius 2 is 1.36 bits per heavy atom. The van der Waals surface area contributed by atoms with Crippen LogP contribution in [0.15, 0.2) is 88.6 Å². The lowest BCUT2D eigenvalue weighted by atomic mass is 9.93. The molecule has 1 aromatic heterocycles. The third kappa shape index (κ3) is 25.6. The number of aliphatic hydroxyl groups is 5. The number of H-pyrrole nitrogens is 1. The maximum absolute atomic E-state index is 15.5. The predicted octanol–water partition coefficient (Wildman–Crippen LogP) is -1.89. The normalized spacial score (nSPS) is 26.7. The van der Waals surface area contributed by atoms with Crippen molar-refractivity contribution in [3.05, 3.63) is 111 Å². The number of hydrogen-bond acceptors (Lipinski definition) is 23. The van der Waals surface area contributed by atoms with Crippen molar-refractivity contribution in [1.29, 1.82) is 0 Å². The van der Waals surface area contributed by atoms with Crippen LogP contribution in [0.25, 0.3) is 0 Å². The quantitative estimate of drug-likeness (QED) is 0.0293. The van der Waals surface area contributed by atoms with Gasteiger partial charge in [-0.3, -0.25) is 62.3 Å². The number of aromatic nitrogens is 2. The van der Waals surface area contributed by atoms with Crippen LogP contribution in [0.5, 0.6) is 5.75 Å². The van der Waals surface area contributed by atoms with Gasteiger partial charge in [-0.15, -0.1) is 0 Å². The molecule has 0 unspecified atom stereocenters. The molecule has 2 aromatic carbocycles. The van der Waals surface area contributed by atoms with Gasteiger partial charge in [0.1, 0.15) is 85.2 Å². The number of benzene rings is 2. The summed E-state index contributed by atoms with van der Waals surface area (Å²) >= 11 is 0. The summed E-state index contributed by atoms with van der Waals surface area (Å²) in [6, 6.07) is 4.86. The number of nitrogens with one attached hydrogen (secondary N) is 10.